The molecule has 0 atom stereocenters. The van der Waals surface area contributed by atoms with E-state index in [-0.39, 0.29) is 36.3 Å². The minimum Gasteiger partial charge on any atom is -0.481 e. The molecule has 1 aromatic carbocycles. The Morgan fingerprint density at radius 1 is 1.20 bits per heavy atom. The third-order valence-electron chi connectivity index (χ3n) is 4.70. The van der Waals surface area contributed by atoms with Crippen molar-refractivity contribution in [2.75, 3.05) is 0 Å². The second-order valence-corrected chi connectivity index (χ2v) is 6.48. The Kier molecular flexibility index (Phi) is 5.11. The molecule has 3 rings (SSSR count). The number of carboxylic acids is 1. The van der Waals surface area contributed by atoms with Crippen LogP contribution in [0.4, 0.5) is 0 Å². The SMILES string of the molecule is O=C(CCc1nc2ccccc2[nH]c1=O)NC1CCC(C(=O)O)CC1. The van der Waals surface area contributed by atoms with Crippen LogP contribution in [-0.4, -0.2) is 33.0 Å². The number of aromatic nitrogens is 2. The number of hydrogen-bond acceptors (Lipinski definition) is 4. The van der Waals surface area contributed by atoms with Gasteiger partial charge in [-0.15, -0.1) is 0 Å². The first-order chi connectivity index (χ1) is 12.0. The first-order valence-electron chi connectivity index (χ1n) is 8.53. The van der Waals surface area contributed by atoms with Crippen molar-refractivity contribution in [1.29, 1.82) is 0 Å². The van der Waals surface area contributed by atoms with Crippen LogP contribution in [0, 0.1) is 5.92 Å². The van der Waals surface area contributed by atoms with Crippen LogP contribution in [0.2, 0.25) is 0 Å². The van der Waals surface area contributed by atoms with Crippen molar-refractivity contribution >= 4 is 22.9 Å². The third-order valence-corrected chi connectivity index (χ3v) is 4.70. The van der Waals surface area contributed by atoms with Crippen molar-refractivity contribution in [1.82, 2.24) is 15.3 Å². The highest BCUT2D eigenvalue weighted by Gasteiger charge is 2.26. The molecule has 1 saturated carbocycles. The van der Waals surface area contributed by atoms with E-state index in [1.54, 1.807) is 6.07 Å². The average Bonchev–Trinajstić information content (AvgIpc) is 2.60. The van der Waals surface area contributed by atoms with Crippen LogP contribution in [0.15, 0.2) is 29.1 Å². The van der Waals surface area contributed by atoms with Gasteiger partial charge in [0.25, 0.3) is 5.56 Å². The van der Waals surface area contributed by atoms with E-state index in [2.05, 4.69) is 15.3 Å². The zero-order chi connectivity index (χ0) is 17.8. The Morgan fingerprint density at radius 3 is 2.64 bits per heavy atom. The van der Waals surface area contributed by atoms with Gasteiger partial charge >= 0.3 is 5.97 Å². The second kappa shape index (κ2) is 7.46. The van der Waals surface area contributed by atoms with Crippen molar-refractivity contribution < 1.29 is 14.7 Å². The number of aromatic amines is 1. The molecular formula is C18H21N3O4. The summed E-state index contributed by atoms with van der Waals surface area (Å²) in [6.07, 6.45) is 3.00. The van der Waals surface area contributed by atoms with Gasteiger partial charge in [-0.3, -0.25) is 14.4 Å². The Hall–Kier alpha value is -2.70. The lowest BCUT2D eigenvalue weighted by molar-refractivity contribution is -0.142. The molecule has 7 nitrogen and oxygen atoms in total. The summed E-state index contributed by atoms with van der Waals surface area (Å²) in [4.78, 5) is 42.2. The van der Waals surface area contributed by atoms with E-state index in [1.165, 1.54) is 0 Å². The molecule has 1 aliphatic rings. The zero-order valence-electron chi connectivity index (χ0n) is 13.8. The summed E-state index contributed by atoms with van der Waals surface area (Å²) in [5.41, 5.74) is 1.46. The highest BCUT2D eigenvalue weighted by atomic mass is 16.4. The zero-order valence-corrected chi connectivity index (χ0v) is 13.8. The van der Waals surface area contributed by atoms with E-state index in [1.807, 2.05) is 18.2 Å². The third kappa shape index (κ3) is 4.23. The van der Waals surface area contributed by atoms with Crippen LogP contribution in [0.1, 0.15) is 37.8 Å². The molecule has 1 aliphatic carbocycles. The number of carbonyl (C=O) groups is 2. The number of aliphatic carboxylic acids is 1. The number of fused-ring (bicyclic) bond motifs is 1. The molecule has 0 unspecified atom stereocenters. The van der Waals surface area contributed by atoms with E-state index in [0.29, 0.717) is 42.4 Å². The number of nitrogens with one attached hydrogen (secondary N) is 2. The molecule has 0 saturated heterocycles. The predicted octanol–water partition coefficient (Wildman–Crippen LogP) is 1.62. The number of nitrogens with zero attached hydrogens (tertiary/aromatic N) is 1. The minimum absolute atomic E-state index is 0.0194. The largest absolute Gasteiger partial charge is 0.481 e. The van der Waals surface area contributed by atoms with Gasteiger partial charge in [-0.2, -0.15) is 0 Å². The van der Waals surface area contributed by atoms with Crippen LogP contribution in [-0.2, 0) is 16.0 Å². The maximum atomic E-state index is 12.1. The maximum Gasteiger partial charge on any atom is 0.306 e. The molecule has 0 spiro atoms. The summed E-state index contributed by atoms with van der Waals surface area (Å²) in [7, 11) is 0. The predicted molar refractivity (Wildman–Crippen MR) is 92.2 cm³/mol. The molecule has 132 valence electrons. The van der Waals surface area contributed by atoms with Crippen molar-refractivity contribution in [3.63, 3.8) is 0 Å². The number of para-hydroxylation sites is 2. The van der Waals surface area contributed by atoms with Gasteiger partial charge in [-0.05, 0) is 37.8 Å². The van der Waals surface area contributed by atoms with E-state index >= 15 is 0 Å². The monoisotopic (exact) mass is 343 g/mol. The summed E-state index contributed by atoms with van der Waals surface area (Å²) in [6.45, 7) is 0. The molecule has 3 N–H and O–H groups in total. The molecule has 0 aliphatic heterocycles. The Balaban J connectivity index is 1.54. The van der Waals surface area contributed by atoms with Gasteiger partial charge in [0.1, 0.15) is 5.69 Å². The molecule has 1 amide bonds. The Labute approximate surface area is 144 Å². The molecule has 2 aromatic rings. The number of hydrogen-bond donors (Lipinski definition) is 3. The molecule has 0 radical (unpaired) electrons. The summed E-state index contributed by atoms with van der Waals surface area (Å²) >= 11 is 0. The first-order valence-corrected chi connectivity index (χ1v) is 8.53. The lowest BCUT2D eigenvalue weighted by Gasteiger charge is -2.26. The van der Waals surface area contributed by atoms with Crippen molar-refractivity contribution in [2.24, 2.45) is 5.92 Å². The number of amides is 1. The van der Waals surface area contributed by atoms with Crippen LogP contribution in [0.5, 0.6) is 0 Å². The summed E-state index contributed by atoms with van der Waals surface area (Å²) in [6, 6.07) is 7.29. The van der Waals surface area contributed by atoms with E-state index < -0.39 is 5.97 Å². The highest BCUT2D eigenvalue weighted by Crippen LogP contribution is 2.24. The topological polar surface area (TPSA) is 112 Å². The summed E-state index contributed by atoms with van der Waals surface area (Å²) < 4.78 is 0. The lowest BCUT2D eigenvalue weighted by atomic mass is 9.86. The fourth-order valence-electron chi connectivity index (χ4n) is 3.25. The first kappa shape index (κ1) is 17.1. The average molecular weight is 343 g/mol. The van der Waals surface area contributed by atoms with Gasteiger partial charge in [0.2, 0.25) is 5.91 Å². The molecule has 1 aromatic heterocycles. The fraction of sp³-hybridized carbons (Fsp3) is 0.444. The number of benzene rings is 1. The van der Waals surface area contributed by atoms with Gasteiger partial charge in [-0.25, -0.2) is 4.98 Å². The summed E-state index contributed by atoms with van der Waals surface area (Å²) in [5.74, 6) is -1.19. The Morgan fingerprint density at radius 2 is 1.92 bits per heavy atom. The molecule has 1 fully saturated rings. The van der Waals surface area contributed by atoms with Gasteiger partial charge in [-0.1, -0.05) is 12.1 Å². The number of aryl methyl sites for hydroxylation is 1. The van der Waals surface area contributed by atoms with Crippen LogP contribution in [0.3, 0.4) is 0 Å². The van der Waals surface area contributed by atoms with Crippen LogP contribution >= 0.6 is 0 Å². The summed E-state index contributed by atoms with van der Waals surface area (Å²) in [5, 5.41) is 11.9. The van der Waals surface area contributed by atoms with Gasteiger partial charge in [0.05, 0.1) is 17.0 Å². The van der Waals surface area contributed by atoms with Crippen LogP contribution < -0.4 is 10.9 Å². The second-order valence-electron chi connectivity index (χ2n) is 6.48. The van der Waals surface area contributed by atoms with Gasteiger partial charge < -0.3 is 15.4 Å². The smallest absolute Gasteiger partial charge is 0.306 e. The highest BCUT2D eigenvalue weighted by molar-refractivity contribution is 5.77. The minimum atomic E-state index is -0.758. The number of rotatable bonds is 5. The van der Waals surface area contributed by atoms with Crippen LogP contribution in [0.25, 0.3) is 11.0 Å². The van der Waals surface area contributed by atoms with E-state index in [0.717, 1.165) is 0 Å². The fourth-order valence-corrected chi connectivity index (χ4v) is 3.25. The molecule has 25 heavy (non-hydrogen) atoms. The van der Waals surface area contributed by atoms with Gasteiger partial charge in [0, 0.05) is 18.9 Å². The van der Waals surface area contributed by atoms with Crippen molar-refractivity contribution in [3.8, 4) is 0 Å². The van der Waals surface area contributed by atoms with Gasteiger partial charge in [0.15, 0.2) is 0 Å². The normalized spacial score (nSPS) is 20.3. The number of carboxylic acid groups (broad SMARTS) is 1. The Bertz CT molecular complexity index is 838. The van der Waals surface area contributed by atoms with Crippen molar-refractivity contribution in [3.05, 3.63) is 40.3 Å². The van der Waals surface area contributed by atoms with Crippen molar-refractivity contribution in [2.45, 2.75) is 44.6 Å². The molecule has 1 heterocycles. The lowest BCUT2D eigenvalue weighted by Crippen LogP contribution is -2.39. The maximum absolute atomic E-state index is 12.1. The molecule has 0 bridgehead atoms. The van der Waals surface area contributed by atoms with E-state index in [9.17, 15) is 14.4 Å². The molecular weight excluding hydrogens is 322 g/mol. The standard InChI is InChI=1S/C18H21N3O4/c22-16(19-12-7-5-11(6-8-12)18(24)25)10-9-15-17(23)21-14-4-2-1-3-13(14)20-15/h1-4,11-12H,5-10H2,(H,19,22)(H,21,23)(H,24,25). The van der Waals surface area contributed by atoms with E-state index in [4.69, 9.17) is 5.11 Å². The quantitative estimate of drug-likeness (QED) is 0.763. The number of H-pyrrole nitrogens is 1. The molecule has 7 heteroatoms. The number of carbonyl (C=O) groups excluding carboxylic acids is 1.